The lowest BCUT2D eigenvalue weighted by atomic mass is 9.96. The summed E-state index contributed by atoms with van der Waals surface area (Å²) in [6.07, 6.45) is 8.12. The lowest BCUT2D eigenvalue weighted by molar-refractivity contribution is 0.163. The highest BCUT2D eigenvalue weighted by molar-refractivity contribution is 7.99. The van der Waals surface area contributed by atoms with Crippen molar-refractivity contribution in [3.8, 4) is 0 Å². The molecular formula is C15H26N2OS. The van der Waals surface area contributed by atoms with Crippen LogP contribution in [0, 0.1) is 0 Å². The Balaban J connectivity index is 2.15. The van der Waals surface area contributed by atoms with Crippen LogP contribution < -0.4 is 5.32 Å². The second kappa shape index (κ2) is 9.34. The average Bonchev–Trinajstić information content (AvgIpc) is 2.46. The minimum Gasteiger partial charge on any atom is -0.394 e. The predicted octanol–water partition coefficient (Wildman–Crippen LogP) is 3.09. The zero-order valence-electron chi connectivity index (χ0n) is 12.1. The van der Waals surface area contributed by atoms with Gasteiger partial charge in [-0.15, -0.1) is 11.8 Å². The third-order valence-corrected chi connectivity index (χ3v) is 4.29. The van der Waals surface area contributed by atoms with E-state index >= 15 is 0 Å². The number of hydrogen-bond acceptors (Lipinski definition) is 4. The van der Waals surface area contributed by atoms with Gasteiger partial charge in [0.05, 0.1) is 6.61 Å². The van der Waals surface area contributed by atoms with E-state index in [-0.39, 0.29) is 12.1 Å². The molecule has 1 atom stereocenters. The molecule has 0 saturated carbocycles. The van der Waals surface area contributed by atoms with E-state index in [0.29, 0.717) is 0 Å². The monoisotopic (exact) mass is 282 g/mol. The van der Waals surface area contributed by atoms with Crippen molar-refractivity contribution < 1.29 is 5.11 Å². The zero-order chi connectivity index (χ0) is 14.0. The zero-order valence-corrected chi connectivity index (χ0v) is 12.9. The van der Waals surface area contributed by atoms with Gasteiger partial charge in [-0.05, 0) is 50.6 Å². The van der Waals surface area contributed by atoms with Gasteiger partial charge in [0.25, 0.3) is 0 Å². The van der Waals surface area contributed by atoms with E-state index < -0.39 is 0 Å². The normalized spacial score (nSPS) is 14.3. The van der Waals surface area contributed by atoms with E-state index in [4.69, 9.17) is 0 Å². The van der Waals surface area contributed by atoms with Gasteiger partial charge in [-0.25, -0.2) is 0 Å². The van der Waals surface area contributed by atoms with Crippen molar-refractivity contribution in [2.75, 3.05) is 18.9 Å². The molecule has 4 heteroatoms. The molecule has 1 aromatic rings. The third-order valence-electron chi connectivity index (χ3n) is 3.19. The molecule has 0 aliphatic carbocycles. The number of nitrogens with one attached hydrogen (secondary N) is 1. The fourth-order valence-electron chi connectivity index (χ4n) is 1.89. The Bertz CT molecular complexity index is 334. The van der Waals surface area contributed by atoms with Crippen LogP contribution in [0.3, 0.4) is 0 Å². The van der Waals surface area contributed by atoms with E-state index in [1.54, 1.807) is 0 Å². The number of aliphatic hydroxyl groups is 1. The fraction of sp³-hybridized carbons (Fsp3) is 0.667. The highest BCUT2D eigenvalue weighted by Gasteiger charge is 2.21. The van der Waals surface area contributed by atoms with Gasteiger partial charge in [-0.2, -0.15) is 0 Å². The number of aromatic nitrogens is 1. The number of pyridine rings is 1. The molecule has 0 saturated heterocycles. The number of hydrogen-bond donors (Lipinski definition) is 2. The molecule has 0 aliphatic rings. The summed E-state index contributed by atoms with van der Waals surface area (Å²) in [5, 5.41) is 12.9. The quantitative estimate of drug-likeness (QED) is 0.511. The predicted molar refractivity (Wildman–Crippen MR) is 82.6 cm³/mol. The van der Waals surface area contributed by atoms with Crippen LogP contribution in [0.1, 0.15) is 39.5 Å². The summed E-state index contributed by atoms with van der Waals surface area (Å²) in [4.78, 5) is 5.29. The van der Waals surface area contributed by atoms with E-state index in [0.717, 1.165) is 31.6 Å². The molecule has 1 heterocycles. The maximum absolute atomic E-state index is 9.47. The Morgan fingerprint density at radius 1 is 1.32 bits per heavy atom. The van der Waals surface area contributed by atoms with Gasteiger partial charge in [0.2, 0.25) is 0 Å². The van der Waals surface area contributed by atoms with Crippen molar-refractivity contribution in [2.45, 2.75) is 50.0 Å². The SMILES string of the molecule is CCCNC(C)(CO)CCCCSc1ccncc1. The average molecular weight is 282 g/mol. The highest BCUT2D eigenvalue weighted by Crippen LogP contribution is 2.20. The van der Waals surface area contributed by atoms with Gasteiger partial charge >= 0.3 is 0 Å². The van der Waals surface area contributed by atoms with Crippen LogP contribution in [0.4, 0.5) is 0 Å². The molecule has 1 unspecified atom stereocenters. The molecule has 3 nitrogen and oxygen atoms in total. The summed E-state index contributed by atoms with van der Waals surface area (Å²) >= 11 is 1.87. The summed E-state index contributed by atoms with van der Waals surface area (Å²) in [6, 6.07) is 4.09. The van der Waals surface area contributed by atoms with E-state index in [1.165, 1.54) is 11.3 Å². The van der Waals surface area contributed by atoms with Crippen molar-refractivity contribution in [1.82, 2.24) is 10.3 Å². The van der Waals surface area contributed by atoms with Gasteiger partial charge in [0, 0.05) is 22.8 Å². The summed E-state index contributed by atoms with van der Waals surface area (Å²) in [7, 11) is 0. The molecular weight excluding hydrogens is 256 g/mol. The largest absolute Gasteiger partial charge is 0.394 e. The van der Waals surface area contributed by atoms with Crippen LogP contribution in [-0.2, 0) is 0 Å². The Morgan fingerprint density at radius 2 is 2.05 bits per heavy atom. The molecule has 0 aromatic carbocycles. The summed E-state index contributed by atoms with van der Waals surface area (Å²) in [5.41, 5.74) is -0.114. The van der Waals surface area contributed by atoms with E-state index in [2.05, 4.69) is 24.1 Å². The molecule has 0 fully saturated rings. The van der Waals surface area contributed by atoms with Gasteiger partial charge in [0.15, 0.2) is 0 Å². The van der Waals surface area contributed by atoms with Gasteiger partial charge < -0.3 is 10.4 Å². The maximum atomic E-state index is 9.47. The molecule has 0 bridgehead atoms. The highest BCUT2D eigenvalue weighted by atomic mass is 32.2. The number of rotatable bonds is 10. The molecule has 2 N–H and O–H groups in total. The minimum atomic E-state index is -0.114. The minimum absolute atomic E-state index is 0.114. The Labute approximate surface area is 121 Å². The molecule has 0 aliphatic heterocycles. The lowest BCUT2D eigenvalue weighted by Gasteiger charge is -2.28. The van der Waals surface area contributed by atoms with Crippen LogP contribution in [0.5, 0.6) is 0 Å². The van der Waals surface area contributed by atoms with Crippen molar-refractivity contribution >= 4 is 11.8 Å². The number of thioether (sulfide) groups is 1. The molecule has 1 rings (SSSR count). The summed E-state index contributed by atoms with van der Waals surface area (Å²) in [5.74, 6) is 1.12. The van der Waals surface area contributed by atoms with Crippen molar-refractivity contribution in [3.05, 3.63) is 24.5 Å². The lowest BCUT2D eigenvalue weighted by Crippen LogP contribution is -2.46. The smallest absolute Gasteiger partial charge is 0.0610 e. The number of nitrogens with zero attached hydrogens (tertiary/aromatic N) is 1. The molecule has 0 amide bonds. The van der Waals surface area contributed by atoms with Crippen LogP contribution in [0.2, 0.25) is 0 Å². The van der Waals surface area contributed by atoms with Crippen molar-refractivity contribution in [1.29, 1.82) is 0 Å². The summed E-state index contributed by atoms with van der Waals surface area (Å²) < 4.78 is 0. The van der Waals surface area contributed by atoms with E-state index in [1.807, 2.05) is 36.3 Å². The Kier molecular flexibility index (Phi) is 8.10. The first kappa shape index (κ1) is 16.5. The van der Waals surface area contributed by atoms with Gasteiger partial charge in [0.1, 0.15) is 0 Å². The first-order valence-electron chi connectivity index (χ1n) is 7.09. The number of aliphatic hydroxyl groups excluding tert-OH is 1. The van der Waals surface area contributed by atoms with Crippen LogP contribution >= 0.6 is 11.8 Å². The fourth-order valence-corrected chi connectivity index (χ4v) is 2.79. The molecule has 0 spiro atoms. The standard InChI is InChI=1S/C15H26N2OS/c1-3-9-17-15(2,13-18)8-4-5-12-19-14-6-10-16-11-7-14/h6-7,10-11,17-18H,3-5,8-9,12-13H2,1-2H3. The summed E-state index contributed by atoms with van der Waals surface area (Å²) in [6.45, 7) is 5.45. The van der Waals surface area contributed by atoms with Crippen LogP contribution in [-0.4, -0.2) is 34.5 Å². The molecule has 1 aromatic heterocycles. The van der Waals surface area contributed by atoms with Crippen molar-refractivity contribution in [3.63, 3.8) is 0 Å². The van der Waals surface area contributed by atoms with Crippen LogP contribution in [0.25, 0.3) is 0 Å². The Morgan fingerprint density at radius 3 is 2.68 bits per heavy atom. The second-order valence-corrected chi connectivity index (χ2v) is 6.30. The van der Waals surface area contributed by atoms with Gasteiger partial charge in [-0.3, -0.25) is 4.98 Å². The topological polar surface area (TPSA) is 45.1 Å². The maximum Gasteiger partial charge on any atom is 0.0610 e. The van der Waals surface area contributed by atoms with E-state index in [9.17, 15) is 5.11 Å². The van der Waals surface area contributed by atoms with Crippen LogP contribution in [0.15, 0.2) is 29.4 Å². The number of unbranched alkanes of at least 4 members (excludes halogenated alkanes) is 1. The second-order valence-electron chi connectivity index (χ2n) is 5.13. The van der Waals surface area contributed by atoms with Crippen molar-refractivity contribution in [2.24, 2.45) is 0 Å². The third kappa shape index (κ3) is 6.95. The first-order chi connectivity index (χ1) is 9.20. The Hall–Kier alpha value is -0.580. The molecule has 108 valence electrons. The molecule has 19 heavy (non-hydrogen) atoms. The molecule has 0 radical (unpaired) electrons. The van der Waals surface area contributed by atoms with Gasteiger partial charge in [-0.1, -0.05) is 13.3 Å². The first-order valence-corrected chi connectivity index (χ1v) is 8.07.